The molecule has 0 saturated carbocycles. The van der Waals surface area contributed by atoms with Crippen LogP contribution >= 0.6 is 0 Å². The van der Waals surface area contributed by atoms with Gasteiger partial charge in [0.15, 0.2) is 0 Å². The molecule has 0 atom stereocenters. The number of carbonyl (C=O) groups excluding carboxylic acids is 3. The highest BCUT2D eigenvalue weighted by molar-refractivity contribution is 6.15. The average molecular weight is 391 g/mol. The second kappa shape index (κ2) is 20.9. The second-order valence-electron chi connectivity index (χ2n) is 6.79. The Kier molecular flexibility index (Phi) is 25.6. The Morgan fingerprint density at radius 2 is 1.26 bits per heavy atom. The molecule has 0 unspecified atom stereocenters. The maximum absolute atomic E-state index is 10.9. The number of primary amides is 1. The van der Waals surface area contributed by atoms with Crippen molar-refractivity contribution in [2.75, 3.05) is 14.2 Å². The molecule has 9 heteroatoms. The molecule has 161 valence electrons. The molecular weight excluding hydrogens is 351 g/mol. The van der Waals surface area contributed by atoms with Crippen molar-refractivity contribution in [3.05, 3.63) is 0 Å². The van der Waals surface area contributed by atoms with Crippen LogP contribution in [0.1, 0.15) is 62.3 Å². The predicted molar refractivity (Wildman–Crippen MR) is 108 cm³/mol. The predicted octanol–water partition coefficient (Wildman–Crippen LogP) is 1.96. The van der Waals surface area contributed by atoms with Crippen LogP contribution in [0.3, 0.4) is 0 Å². The lowest BCUT2D eigenvalue weighted by Gasteiger charge is -2.15. The smallest absolute Gasteiger partial charge is 0.429 e. The highest BCUT2D eigenvalue weighted by atomic mass is 16.7. The Labute approximate surface area is 166 Å². The molecular formula is C18H40BN2O6. The molecule has 0 spiro atoms. The highest BCUT2D eigenvalue weighted by Crippen LogP contribution is 1.97. The van der Waals surface area contributed by atoms with Gasteiger partial charge in [0, 0.05) is 30.9 Å². The number of hydroxylamine groups is 2. The average Bonchev–Trinajstić information content (AvgIpc) is 2.54. The number of carbonyl (C=O) groups is 3. The lowest BCUT2D eigenvalue weighted by atomic mass is 10.1. The molecule has 1 radical (unpaired) electrons. The molecule has 0 aliphatic heterocycles. The van der Waals surface area contributed by atoms with Crippen molar-refractivity contribution >= 4 is 25.3 Å². The monoisotopic (exact) mass is 391 g/mol. The van der Waals surface area contributed by atoms with E-state index in [-0.39, 0.29) is 41.5 Å². The quantitative estimate of drug-likeness (QED) is 0.528. The van der Waals surface area contributed by atoms with E-state index in [9.17, 15) is 14.4 Å². The number of amides is 2. The van der Waals surface area contributed by atoms with Gasteiger partial charge in [0.05, 0.1) is 7.11 Å². The minimum absolute atomic E-state index is 0.00231. The largest absolute Gasteiger partial charge is 0.485 e. The highest BCUT2D eigenvalue weighted by Gasteiger charge is 2.11. The van der Waals surface area contributed by atoms with Crippen LogP contribution in [-0.4, -0.2) is 55.6 Å². The van der Waals surface area contributed by atoms with Gasteiger partial charge in [-0.05, 0) is 20.8 Å². The molecule has 0 aromatic rings. The number of hydrogen-bond acceptors (Lipinski definition) is 6. The van der Waals surface area contributed by atoms with Crippen LogP contribution in [0.4, 0.5) is 0 Å². The van der Waals surface area contributed by atoms with Gasteiger partial charge in [-0.15, -0.1) is 0 Å². The molecule has 27 heavy (non-hydrogen) atoms. The molecule has 2 amide bonds. The fourth-order valence-electron chi connectivity index (χ4n) is 0.575. The van der Waals surface area contributed by atoms with Crippen LogP contribution in [-0.2, 0) is 23.9 Å². The number of ketones is 1. The zero-order chi connectivity index (χ0) is 22.7. The summed E-state index contributed by atoms with van der Waals surface area (Å²) in [4.78, 5) is 35.6. The third kappa shape index (κ3) is 32.7. The number of rotatable bonds is 6. The Morgan fingerprint density at radius 3 is 1.30 bits per heavy atom. The lowest BCUT2D eigenvalue weighted by molar-refractivity contribution is -0.172. The Hall–Kier alpha value is -1.45. The van der Waals surface area contributed by atoms with E-state index in [1.807, 2.05) is 41.5 Å². The molecule has 3 N–H and O–H groups in total. The van der Waals surface area contributed by atoms with Gasteiger partial charge in [0.2, 0.25) is 11.8 Å². The van der Waals surface area contributed by atoms with Gasteiger partial charge in [-0.1, -0.05) is 41.5 Å². The van der Waals surface area contributed by atoms with Crippen LogP contribution in [0.2, 0.25) is 0 Å². The topological polar surface area (TPSA) is 119 Å². The first kappa shape index (κ1) is 33.2. The molecule has 0 aromatic carbocycles. The van der Waals surface area contributed by atoms with E-state index in [0.29, 0.717) is 7.69 Å². The Morgan fingerprint density at radius 1 is 0.926 bits per heavy atom. The first-order valence-corrected chi connectivity index (χ1v) is 8.88. The summed E-state index contributed by atoms with van der Waals surface area (Å²) in [6.07, 6.45) is 0.0926. The van der Waals surface area contributed by atoms with Crippen LogP contribution in [0.15, 0.2) is 0 Å². The standard InChI is InChI=1S/C6H13NO2.C5H10O.C4H9NO.C3H8BO2/c1-5(2)6(8)7(3)9-4;1-4(2)5(3)6;1-3(2)4(5)6;1-3(2)6-4-5/h5H,1-4H3;4H,1-3H3;3H,1-2H3,(H2,5,6);3,5H,1-2H3. The Balaban J connectivity index is -0.000000133. The van der Waals surface area contributed by atoms with E-state index >= 15 is 0 Å². The fourth-order valence-corrected chi connectivity index (χ4v) is 0.575. The van der Waals surface area contributed by atoms with E-state index in [2.05, 4.69) is 9.49 Å². The summed E-state index contributed by atoms with van der Waals surface area (Å²) >= 11 is 0. The van der Waals surface area contributed by atoms with E-state index in [4.69, 9.17) is 10.8 Å². The second-order valence-corrected chi connectivity index (χ2v) is 6.79. The Bertz CT molecular complexity index is 370. The molecule has 0 fully saturated rings. The number of Topliss-reactive ketones (excluding diaryl/α,β-unsaturated/α-hetero) is 1. The van der Waals surface area contributed by atoms with Crippen LogP contribution in [0, 0.1) is 17.8 Å². The maximum Gasteiger partial charge on any atom is 0.485 e. The maximum atomic E-state index is 10.9. The first-order valence-electron chi connectivity index (χ1n) is 8.88. The molecule has 0 aliphatic carbocycles. The lowest BCUT2D eigenvalue weighted by Crippen LogP contribution is -2.29. The summed E-state index contributed by atoms with van der Waals surface area (Å²) < 4.78 is 4.47. The van der Waals surface area contributed by atoms with Gasteiger partial charge in [-0.25, -0.2) is 5.06 Å². The molecule has 0 aromatic heterocycles. The van der Waals surface area contributed by atoms with Crippen molar-refractivity contribution in [1.82, 2.24) is 5.06 Å². The zero-order valence-electron chi connectivity index (χ0n) is 18.9. The van der Waals surface area contributed by atoms with Gasteiger partial charge >= 0.3 is 7.69 Å². The van der Waals surface area contributed by atoms with Crippen LogP contribution < -0.4 is 5.73 Å². The van der Waals surface area contributed by atoms with Gasteiger partial charge in [-0.3, -0.25) is 19.2 Å². The SMILES string of the molecule is CC(=O)C(C)C.CC(C)C(N)=O.CC(C)O[B]O.CON(C)C(=O)C(C)C. The molecule has 0 saturated heterocycles. The molecule has 0 bridgehead atoms. The van der Waals surface area contributed by atoms with E-state index in [1.165, 1.54) is 12.2 Å². The van der Waals surface area contributed by atoms with Crippen LogP contribution in [0.25, 0.3) is 0 Å². The summed E-state index contributed by atoms with van der Waals surface area (Å²) in [5.74, 6) is 0.229. The molecule has 0 heterocycles. The van der Waals surface area contributed by atoms with Crippen LogP contribution in [0.5, 0.6) is 0 Å². The summed E-state index contributed by atoms with van der Waals surface area (Å²) in [5.41, 5.74) is 4.80. The van der Waals surface area contributed by atoms with Gasteiger partial charge < -0.3 is 15.4 Å². The summed E-state index contributed by atoms with van der Waals surface area (Å²) in [5, 5.41) is 9.12. The van der Waals surface area contributed by atoms with Crippen molar-refractivity contribution in [3.63, 3.8) is 0 Å². The third-order valence-electron chi connectivity index (χ3n) is 2.79. The van der Waals surface area contributed by atoms with Gasteiger partial charge in [-0.2, -0.15) is 0 Å². The fraction of sp³-hybridized carbons (Fsp3) is 0.833. The van der Waals surface area contributed by atoms with Crippen molar-refractivity contribution < 1.29 is 28.9 Å². The summed E-state index contributed by atoms with van der Waals surface area (Å²) in [6.45, 7) is 16.3. The van der Waals surface area contributed by atoms with Gasteiger partial charge in [0.25, 0.3) is 0 Å². The number of nitrogens with two attached hydrogens (primary N) is 1. The van der Waals surface area contributed by atoms with Crippen molar-refractivity contribution in [3.8, 4) is 0 Å². The van der Waals surface area contributed by atoms with Gasteiger partial charge in [0.1, 0.15) is 5.78 Å². The van der Waals surface area contributed by atoms with E-state index in [0.717, 1.165) is 0 Å². The zero-order valence-corrected chi connectivity index (χ0v) is 18.9. The number of hydrogen-bond donors (Lipinski definition) is 2. The molecule has 0 aliphatic rings. The molecule has 8 nitrogen and oxygen atoms in total. The van der Waals surface area contributed by atoms with Crippen molar-refractivity contribution in [2.24, 2.45) is 23.5 Å². The van der Waals surface area contributed by atoms with Crippen molar-refractivity contribution in [1.29, 1.82) is 0 Å². The summed E-state index contributed by atoms with van der Waals surface area (Å²) in [7, 11) is 3.77. The normalized spacial score (nSPS) is 9.48. The third-order valence-corrected chi connectivity index (χ3v) is 2.79. The first-order chi connectivity index (χ1) is 12.1. The van der Waals surface area contributed by atoms with E-state index < -0.39 is 0 Å². The minimum Gasteiger partial charge on any atom is -0.429 e. The minimum atomic E-state index is -0.241. The van der Waals surface area contributed by atoms with E-state index in [1.54, 1.807) is 27.8 Å². The summed E-state index contributed by atoms with van der Waals surface area (Å²) in [6, 6.07) is 0. The molecule has 0 rings (SSSR count). The van der Waals surface area contributed by atoms with Crippen molar-refractivity contribution in [2.45, 2.75) is 68.4 Å². The number of nitrogens with zero attached hydrogens (tertiary/aromatic N) is 1.